The van der Waals surface area contributed by atoms with Gasteiger partial charge >= 0.3 is 0 Å². The predicted molar refractivity (Wildman–Crippen MR) is 121 cm³/mol. The summed E-state index contributed by atoms with van der Waals surface area (Å²) in [7, 11) is 3.49. The maximum atomic E-state index is 12.3. The van der Waals surface area contributed by atoms with Crippen molar-refractivity contribution in [3.8, 4) is 5.69 Å². The van der Waals surface area contributed by atoms with Gasteiger partial charge in [0.25, 0.3) is 5.56 Å². The summed E-state index contributed by atoms with van der Waals surface area (Å²) in [5, 5.41) is 13.6. The van der Waals surface area contributed by atoms with Gasteiger partial charge < -0.3 is 25.8 Å². The molecule has 10 heteroatoms. The first-order valence-corrected chi connectivity index (χ1v) is 9.93. The van der Waals surface area contributed by atoms with Crippen LogP contribution in [0.5, 0.6) is 0 Å². The van der Waals surface area contributed by atoms with Crippen molar-refractivity contribution < 1.29 is 21.1 Å². The van der Waals surface area contributed by atoms with Crippen molar-refractivity contribution in [3.05, 3.63) is 52.6 Å². The molecular weight excluding hydrogens is 564 g/mol. The van der Waals surface area contributed by atoms with Crippen LogP contribution in [0.4, 0.5) is 5.82 Å². The van der Waals surface area contributed by atoms with Gasteiger partial charge in [0, 0.05) is 52.1 Å². The van der Waals surface area contributed by atoms with Gasteiger partial charge in [0.2, 0.25) is 0 Å². The molecule has 0 saturated heterocycles. The molecule has 3 heterocycles. The molecule has 0 aliphatic heterocycles. The maximum Gasteiger partial charge on any atom is 0.256 e. The van der Waals surface area contributed by atoms with E-state index in [2.05, 4.69) is 25.8 Å². The standard InChI is InChI=1S/C17H19N5O.C4H8N3.W/c1-21-11-19-17-14(21)7-9-16(23)22(17)13-6-8-15(18-10-13)20-12-4-2-3-5-12;1-4(3-5)7-6-2;/h6-12H,2-5H2,1H3,(H,18,20);3,5H,1-2H3;/q;-1;/b;5-3?,7-4+;. The van der Waals surface area contributed by atoms with E-state index in [0.717, 1.165) is 23.2 Å². The number of hydrogen-bond acceptors (Lipinski definition) is 6. The molecule has 0 radical (unpaired) electrons. The Labute approximate surface area is 195 Å². The Hall–Kier alpha value is -2.80. The number of imidazole rings is 1. The van der Waals surface area contributed by atoms with Gasteiger partial charge in [0.05, 0.1) is 23.7 Å². The van der Waals surface area contributed by atoms with E-state index in [1.54, 1.807) is 43.2 Å². The average Bonchev–Trinajstić information content (AvgIpc) is 3.39. The smallest absolute Gasteiger partial charge is 0.256 e. The molecule has 3 aromatic heterocycles. The van der Waals surface area contributed by atoms with Crippen LogP contribution in [0.1, 0.15) is 32.6 Å². The van der Waals surface area contributed by atoms with Crippen LogP contribution in [0.3, 0.4) is 0 Å². The number of pyridine rings is 2. The Balaban J connectivity index is 0.000000373. The minimum Gasteiger partial charge on any atom is -0.604 e. The third-order valence-corrected chi connectivity index (χ3v) is 4.96. The van der Waals surface area contributed by atoms with E-state index < -0.39 is 0 Å². The minimum absolute atomic E-state index is 0. The maximum absolute atomic E-state index is 12.3. The van der Waals surface area contributed by atoms with Gasteiger partial charge in [-0.15, -0.1) is 7.05 Å². The summed E-state index contributed by atoms with van der Waals surface area (Å²) in [5.41, 5.74) is 6.27. The Bertz CT molecular complexity index is 1080. The van der Waals surface area contributed by atoms with Crippen molar-refractivity contribution in [2.45, 2.75) is 38.6 Å². The molecule has 0 atom stereocenters. The fraction of sp³-hybridized carbons (Fsp3) is 0.381. The second-order valence-electron chi connectivity index (χ2n) is 7.18. The molecular formula is C21H27N8OW-. The Morgan fingerprint density at radius 2 is 2.00 bits per heavy atom. The van der Waals surface area contributed by atoms with Crippen LogP contribution in [0.2, 0.25) is 0 Å². The minimum atomic E-state index is -0.102. The number of nitrogens with one attached hydrogen (secondary N) is 2. The first kappa shape index (κ1) is 24.5. The molecule has 1 aliphatic carbocycles. The van der Waals surface area contributed by atoms with Gasteiger partial charge in [0.1, 0.15) is 5.82 Å². The van der Waals surface area contributed by atoms with Crippen molar-refractivity contribution in [3.63, 3.8) is 0 Å². The molecule has 1 saturated carbocycles. The van der Waals surface area contributed by atoms with Crippen LogP contribution in [0.25, 0.3) is 22.3 Å². The van der Waals surface area contributed by atoms with Crippen molar-refractivity contribution in [2.24, 2.45) is 12.1 Å². The zero-order valence-electron chi connectivity index (χ0n) is 17.9. The molecule has 0 spiro atoms. The summed E-state index contributed by atoms with van der Waals surface area (Å²) in [6, 6.07) is 7.73. The van der Waals surface area contributed by atoms with Crippen LogP contribution in [0.15, 0.2) is 46.7 Å². The first-order valence-electron chi connectivity index (χ1n) is 9.93. The summed E-state index contributed by atoms with van der Waals surface area (Å²) in [4.78, 5) is 21.1. The van der Waals surface area contributed by atoms with Gasteiger partial charge in [-0.2, -0.15) is 0 Å². The molecule has 4 rings (SSSR count). The fourth-order valence-electron chi connectivity index (χ4n) is 3.44. The second kappa shape index (κ2) is 11.6. The molecule has 1 fully saturated rings. The number of aryl methyl sites for hydroxylation is 1. The largest absolute Gasteiger partial charge is 0.604 e. The van der Waals surface area contributed by atoms with Crippen molar-refractivity contribution in [1.82, 2.24) is 19.1 Å². The van der Waals surface area contributed by atoms with E-state index in [9.17, 15) is 4.79 Å². The van der Waals surface area contributed by atoms with Gasteiger partial charge in [0.15, 0.2) is 5.65 Å². The van der Waals surface area contributed by atoms with Crippen LogP contribution in [-0.4, -0.2) is 44.1 Å². The van der Waals surface area contributed by atoms with Crippen LogP contribution in [0, 0.1) is 5.41 Å². The van der Waals surface area contributed by atoms with Crippen LogP contribution in [-0.2, 0) is 28.1 Å². The van der Waals surface area contributed by atoms with E-state index in [4.69, 9.17) is 5.41 Å². The SMILES string of the molecule is C[N-]/N=C(\C)C=N.Cn1cnc2c1ccc(=O)n2-c1ccc(NC2CCCC2)nc1.[W]. The molecule has 3 aromatic rings. The van der Waals surface area contributed by atoms with Gasteiger partial charge in [-0.1, -0.05) is 12.8 Å². The summed E-state index contributed by atoms with van der Waals surface area (Å²) >= 11 is 0. The summed E-state index contributed by atoms with van der Waals surface area (Å²) in [6.07, 6.45) is 9.58. The van der Waals surface area contributed by atoms with E-state index in [1.807, 2.05) is 23.7 Å². The third kappa shape index (κ3) is 6.10. The van der Waals surface area contributed by atoms with Gasteiger partial charge in [-0.25, -0.2) is 9.97 Å². The molecule has 1 aliphatic rings. The molecule has 31 heavy (non-hydrogen) atoms. The topological polar surface area (TPSA) is 115 Å². The van der Waals surface area contributed by atoms with E-state index >= 15 is 0 Å². The number of hydrogen-bond donors (Lipinski definition) is 2. The predicted octanol–water partition coefficient (Wildman–Crippen LogP) is 3.49. The summed E-state index contributed by atoms with van der Waals surface area (Å²) < 4.78 is 3.50. The summed E-state index contributed by atoms with van der Waals surface area (Å²) in [5.74, 6) is 0.863. The molecule has 164 valence electrons. The van der Waals surface area contributed by atoms with Gasteiger partial charge in [-0.05, 0) is 38.0 Å². The second-order valence-corrected chi connectivity index (χ2v) is 7.18. The Kier molecular flexibility index (Phi) is 9.12. The zero-order chi connectivity index (χ0) is 21.5. The zero-order valence-corrected chi connectivity index (χ0v) is 20.9. The summed E-state index contributed by atoms with van der Waals surface area (Å²) in [6.45, 7) is 1.72. The van der Waals surface area contributed by atoms with Crippen molar-refractivity contribution >= 4 is 28.9 Å². The molecule has 0 aromatic carbocycles. The number of rotatable bonds is 5. The third-order valence-electron chi connectivity index (χ3n) is 4.96. The van der Waals surface area contributed by atoms with Crippen molar-refractivity contribution in [1.29, 1.82) is 5.41 Å². The molecule has 0 bridgehead atoms. The fourth-order valence-corrected chi connectivity index (χ4v) is 3.44. The molecule has 0 unspecified atom stereocenters. The Morgan fingerprint density at radius 3 is 2.58 bits per heavy atom. The van der Waals surface area contributed by atoms with Crippen LogP contribution < -0.4 is 10.9 Å². The average molecular weight is 591 g/mol. The number of aromatic nitrogens is 4. The van der Waals surface area contributed by atoms with E-state index in [0.29, 0.717) is 17.4 Å². The van der Waals surface area contributed by atoms with E-state index in [-0.39, 0.29) is 26.6 Å². The number of anilines is 1. The first-order chi connectivity index (χ1) is 14.5. The van der Waals surface area contributed by atoms with Gasteiger partial charge in [-0.3, -0.25) is 9.36 Å². The van der Waals surface area contributed by atoms with Crippen LogP contribution >= 0.6 is 0 Å². The van der Waals surface area contributed by atoms with E-state index in [1.165, 1.54) is 25.7 Å². The molecule has 2 N–H and O–H groups in total. The van der Waals surface area contributed by atoms with Crippen molar-refractivity contribution in [2.75, 3.05) is 12.4 Å². The molecule has 9 nitrogen and oxygen atoms in total. The monoisotopic (exact) mass is 591 g/mol. The Morgan fingerprint density at radius 1 is 1.26 bits per heavy atom. The molecule has 0 amide bonds. The quantitative estimate of drug-likeness (QED) is 0.349. The normalized spacial score (nSPS) is 13.8. The number of fused-ring (bicyclic) bond motifs is 1. The number of nitrogens with zero attached hydrogens (tertiary/aromatic N) is 6.